The van der Waals surface area contributed by atoms with Crippen molar-refractivity contribution < 1.29 is 29.6 Å². The van der Waals surface area contributed by atoms with Crippen molar-refractivity contribution in [2.45, 2.75) is 31.3 Å². The van der Waals surface area contributed by atoms with Crippen LogP contribution < -0.4 is 5.43 Å². The van der Waals surface area contributed by atoms with Crippen molar-refractivity contribution in [1.82, 2.24) is 4.57 Å². The Morgan fingerprint density at radius 2 is 1.93 bits per heavy atom. The molecule has 1 aliphatic carbocycles. The number of halogens is 2. The number of rotatable bonds is 3. The van der Waals surface area contributed by atoms with Gasteiger partial charge in [0.1, 0.15) is 40.2 Å². The van der Waals surface area contributed by atoms with E-state index in [1.807, 2.05) is 0 Å². The van der Waals surface area contributed by atoms with Gasteiger partial charge in [-0.3, -0.25) is 9.36 Å². The summed E-state index contributed by atoms with van der Waals surface area (Å²) in [5, 5.41) is 41.2. The van der Waals surface area contributed by atoms with Gasteiger partial charge in [-0.2, -0.15) is 0 Å². The number of aliphatic hydroxyl groups is 3. The monoisotopic (exact) mass is 457 g/mol. The number of methoxy groups -OCH3 is 1. The molecule has 0 aliphatic heterocycles. The molecule has 0 saturated heterocycles. The number of ether oxygens (including phenoxy) is 1. The fourth-order valence-electron chi connectivity index (χ4n) is 4.02. The van der Waals surface area contributed by atoms with Gasteiger partial charge in [-0.25, -0.2) is 0 Å². The maximum absolute atomic E-state index is 13.1. The summed E-state index contributed by atoms with van der Waals surface area (Å²) in [5.74, 6) is -0.393. The molecule has 10 heteroatoms. The summed E-state index contributed by atoms with van der Waals surface area (Å²) < 4.78 is 12.5. The van der Waals surface area contributed by atoms with Crippen LogP contribution in [-0.2, 0) is 4.74 Å². The fourth-order valence-corrected chi connectivity index (χ4v) is 4.57. The van der Waals surface area contributed by atoms with E-state index in [9.17, 15) is 25.2 Å². The topological polar surface area (TPSA) is 125 Å². The number of hydrogen-bond donors (Lipinski definition) is 4. The summed E-state index contributed by atoms with van der Waals surface area (Å²) in [6.45, 7) is 1.26. The lowest BCUT2D eigenvalue weighted by atomic mass is 9.88. The Morgan fingerprint density at radius 3 is 2.57 bits per heavy atom. The average Bonchev–Trinajstić information content (AvgIpc) is 3.04. The second-order valence-electron chi connectivity index (χ2n) is 7.24. The first-order valence-electron chi connectivity index (χ1n) is 9.06. The molecule has 0 amide bonds. The first-order valence-corrected chi connectivity index (χ1v) is 9.82. The number of phenols is 1. The normalized spacial score (nSPS) is 24.6. The molecule has 0 saturated carbocycles. The van der Waals surface area contributed by atoms with Gasteiger partial charge in [0.25, 0.3) is 0 Å². The van der Waals surface area contributed by atoms with E-state index in [0.29, 0.717) is 11.1 Å². The molecule has 0 fully saturated rings. The third-order valence-electron chi connectivity index (χ3n) is 5.50. The minimum atomic E-state index is -1.36. The molecule has 4 unspecified atom stereocenters. The number of nitrogens with zero attached hydrogens (tertiary/aromatic N) is 1. The Kier molecular flexibility index (Phi) is 5.34. The van der Waals surface area contributed by atoms with Gasteiger partial charge in [0.15, 0.2) is 0 Å². The third-order valence-corrected chi connectivity index (χ3v) is 6.08. The zero-order valence-electron chi connectivity index (χ0n) is 16.0. The van der Waals surface area contributed by atoms with E-state index in [2.05, 4.69) is 0 Å². The summed E-state index contributed by atoms with van der Waals surface area (Å²) in [4.78, 5) is 13.1. The van der Waals surface area contributed by atoms with E-state index < -0.39 is 42.1 Å². The van der Waals surface area contributed by atoms with E-state index in [1.165, 1.54) is 29.9 Å². The molecule has 8 nitrogen and oxygen atoms in total. The molecule has 0 radical (unpaired) electrons. The Bertz CT molecular complexity index is 1250. The molecular formula is C20H19Cl2NO7. The highest BCUT2D eigenvalue weighted by atomic mass is 35.5. The average molecular weight is 458 g/mol. The summed E-state index contributed by atoms with van der Waals surface area (Å²) in [5.41, 5.74) is 0.496. The molecule has 1 aliphatic rings. The second-order valence-corrected chi connectivity index (χ2v) is 8.04. The van der Waals surface area contributed by atoms with Crippen LogP contribution in [0.15, 0.2) is 33.0 Å². The van der Waals surface area contributed by atoms with Gasteiger partial charge in [0.2, 0.25) is 11.1 Å². The summed E-state index contributed by atoms with van der Waals surface area (Å²) in [6, 6.07) is 1.88. The standard InChI is InChI=1S/C20H19Cl2NO7/c1-7-3-10(21)15(26)13-14(25)9-5-12(22)23(20(9)30-18(7)13)11-4-8(6-24)19(29-2)17(28)16(11)27/h3-5,11,16-17,19,24,26-28H,6H2,1-2H3/i10+1,13+1. The summed E-state index contributed by atoms with van der Waals surface area (Å²) in [7, 11) is 1.36. The number of aromatic hydroxyl groups is 1. The van der Waals surface area contributed by atoms with E-state index >= 15 is 0 Å². The Balaban J connectivity index is 2.05. The van der Waals surface area contributed by atoms with Gasteiger partial charge in [-0.15, -0.1) is 0 Å². The molecule has 1 aromatic carbocycles. The smallest absolute Gasteiger partial charge is 0.213 e. The van der Waals surface area contributed by atoms with Crippen molar-refractivity contribution >= 4 is 45.3 Å². The minimum Gasteiger partial charge on any atom is -0.505 e. The highest BCUT2D eigenvalue weighted by molar-refractivity contribution is 6.33. The van der Waals surface area contributed by atoms with Gasteiger partial charge < -0.3 is 29.6 Å². The first kappa shape index (κ1) is 21.2. The SMILES string of the molecule is COC1C(CO)=CC(n2c(Cl)cc3c(=O)[13c]4c(O)[13c](Cl)cc(C)c4oc32)C(O)C1O. The molecule has 2 heterocycles. The lowest BCUT2D eigenvalue weighted by Gasteiger charge is -2.36. The maximum Gasteiger partial charge on any atom is 0.213 e. The van der Waals surface area contributed by atoms with Crippen molar-refractivity contribution in [2.24, 2.45) is 0 Å². The molecule has 0 spiro atoms. The minimum absolute atomic E-state index is 0.0177. The lowest BCUT2D eigenvalue weighted by Crippen LogP contribution is -2.48. The largest absolute Gasteiger partial charge is 0.505 e. The molecular weight excluding hydrogens is 439 g/mol. The molecule has 0 bridgehead atoms. The maximum atomic E-state index is 13.1. The summed E-state index contributed by atoms with van der Waals surface area (Å²) in [6.07, 6.45) is -2.08. The van der Waals surface area contributed by atoms with Crippen LogP contribution in [0, 0.1) is 6.92 Å². The van der Waals surface area contributed by atoms with Gasteiger partial charge in [0.05, 0.1) is 23.1 Å². The zero-order chi connectivity index (χ0) is 21.9. The molecule has 30 heavy (non-hydrogen) atoms. The molecule has 4 atom stereocenters. The van der Waals surface area contributed by atoms with Crippen molar-refractivity contribution in [1.29, 1.82) is 0 Å². The highest BCUT2D eigenvalue weighted by Gasteiger charge is 2.40. The van der Waals surface area contributed by atoms with Crippen molar-refractivity contribution in [2.75, 3.05) is 13.7 Å². The van der Waals surface area contributed by atoms with Crippen LogP contribution in [0.25, 0.3) is 22.1 Å². The number of phenolic OH excluding ortho intramolecular Hbond substituents is 1. The number of fused-ring (bicyclic) bond motifs is 2. The van der Waals surface area contributed by atoms with Gasteiger partial charge in [-0.1, -0.05) is 29.3 Å². The van der Waals surface area contributed by atoms with Crippen LogP contribution in [0.5, 0.6) is 5.75 Å². The Morgan fingerprint density at radius 1 is 1.23 bits per heavy atom. The van der Waals surface area contributed by atoms with Crippen LogP contribution in [0.1, 0.15) is 11.6 Å². The third kappa shape index (κ3) is 2.95. The van der Waals surface area contributed by atoms with Crippen LogP contribution in [0.3, 0.4) is 0 Å². The zero-order valence-corrected chi connectivity index (χ0v) is 17.5. The van der Waals surface area contributed by atoms with Gasteiger partial charge >= 0.3 is 0 Å². The Hall–Kier alpha value is -2.07. The molecule has 4 N–H and O–H groups in total. The second kappa shape index (κ2) is 7.56. The first-order chi connectivity index (χ1) is 14.2. The van der Waals surface area contributed by atoms with Gasteiger partial charge in [-0.05, 0) is 30.2 Å². The van der Waals surface area contributed by atoms with E-state index in [4.69, 9.17) is 32.4 Å². The lowest BCUT2D eigenvalue weighted by molar-refractivity contribution is -0.0827. The Labute approximate surface area is 180 Å². The molecule has 4 rings (SSSR count). The van der Waals surface area contributed by atoms with Crippen molar-refractivity contribution in [3.63, 3.8) is 0 Å². The van der Waals surface area contributed by atoms with E-state index in [0.717, 1.165) is 0 Å². The van der Waals surface area contributed by atoms with Crippen LogP contribution in [0.2, 0.25) is 10.2 Å². The highest BCUT2D eigenvalue weighted by Crippen LogP contribution is 2.39. The van der Waals surface area contributed by atoms with Crippen molar-refractivity contribution in [3.05, 3.63) is 49.7 Å². The van der Waals surface area contributed by atoms with Crippen molar-refractivity contribution in [3.8, 4) is 5.75 Å². The number of aromatic nitrogens is 1. The molecule has 2 aromatic heterocycles. The van der Waals surface area contributed by atoms with E-state index in [1.54, 1.807) is 6.92 Å². The predicted octanol–water partition coefficient (Wildman–Crippen LogP) is 2.28. The van der Waals surface area contributed by atoms with Crippen LogP contribution in [-0.4, -0.2) is 57.0 Å². The predicted molar refractivity (Wildman–Crippen MR) is 111 cm³/mol. The quantitative estimate of drug-likeness (QED) is 0.444. The van der Waals surface area contributed by atoms with E-state index in [-0.39, 0.29) is 32.2 Å². The number of aryl methyl sites for hydroxylation is 1. The summed E-state index contributed by atoms with van der Waals surface area (Å²) >= 11 is 12.4. The molecule has 160 valence electrons. The molecule has 3 aromatic rings. The number of hydrogen-bond acceptors (Lipinski definition) is 7. The number of benzene rings is 1. The fraction of sp³-hybridized carbons (Fsp3) is 0.350. The van der Waals surface area contributed by atoms with Crippen LogP contribution >= 0.6 is 23.2 Å². The van der Waals surface area contributed by atoms with Gasteiger partial charge in [0, 0.05) is 7.11 Å². The number of aliphatic hydroxyl groups excluding tert-OH is 3. The van der Waals surface area contributed by atoms with Crippen LogP contribution in [0.4, 0.5) is 0 Å².